The highest BCUT2D eigenvalue weighted by atomic mass is 19.3. The molecule has 1 aliphatic heterocycles. The fourth-order valence-corrected chi connectivity index (χ4v) is 4.79. The quantitative estimate of drug-likeness (QED) is 0.877. The minimum atomic E-state index is -3.26. The van der Waals surface area contributed by atoms with E-state index < -0.39 is 35.9 Å². The molecular formula is C21H17F2NO4. The van der Waals surface area contributed by atoms with Gasteiger partial charge in [0, 0.05) is 19.0 Å². The zero-order chi connectivity index (χ0) is 19.7. The molecule has 2 aliphatic carbocycles. The molecular weight excluding hydrogens is 368 g/mol. The van der Waals surface area contributed by atoms with Crippen LogP contribution in [0.25, 0.3) is 11.1 Å². The van der Waals surface area contributed by atoms with Crippen molar-refractivity contribution >= 4 is 12.1 Å². The number of carboxylic acids is 1. The zero-order valence-corrected chi connectivity index (χ0v) is 14.8. The Hall–Kier alpha value is -2.96. The van der Waals surface area contributed by atoms with Crippen molar-refractivity contribution in [1.82, 2.24) is 4.90 Å². The van der Waals surface area contributed by atoms with Gasteiger partial charge in [-0.25, -0.2) is 13.6 Å². The standard InChI is InChI=1S/C21H17F2NO4/c22-21(23)17-9-24(11-20(17,21)18(25)26)19(27)28-10-16-14-7-3-1-5-12(14)13-6-2-4-8-15(13)16/h1-8,16-17H,9-11H2,(H,25,26). The summed E-state index contributed by atoms with van der Waals surface area (Å²) in [5.74, 6) is -6.29. The molecule has 1 N–H and O–H groups in total. The molecule has 2 atom stereocenters. The Balaban J connectivity index is 1.32. The average molecular weight is 385 g/mol. The van der Waals surface area contributed by atoms with E-state index in [1.807, 2.05) is 48.5 Å². The molecule has 7 heteroatoms. The van der Waals surface area contributed by atoms with E-state index in [1.54, 1.807) is 0 Å². The highest BCUT2D eigenvalue weighted by Gasteiger charge is 2.88. The molecule has 2 aromatic carbocycles. The van der Waals surface area contributed by atoms with Crippen LogP contribution in [0.4, 0.5) is 13.6 Å². The van der Waals surface area contributed by atoms with Crippen LogP contribution < -0.4 is 0 Å². The van der Waals surface area contributed by atoms with E-state index >= 15 is 0 Å². The van der Waals surface area contributed by atoms with Gasteiger partial charge in [-0.05, 0) is 22.3 Å². The molecule has 0 aromatic heterocycles. The number of hydrogen-bond donors (Lipinski definition) is 1. The summed E-state index contributed by atoms with van der Waals surface area (Å²) in [4.78, 5) is 24.9. The Kier molecular flexibility index (Phi) is 3.39. The van der Waals surface area contributed by atoms with Gasteiger partial charge in [0.2, 0.25) is 0 Å². The van der Waals surface area contributed by atoms with Crippen LogP contribution >= 0.6 is 0 Å². The Bertz CT molecular complexity index is 962. The number of piperidine rings is 1. The van der Waals surface area contributed by atoms with Gasteiger partial charge in [0.05, 0.1) is 5.92 Å². The smallest absolute Gasteiger partial charge is 0.409 e. The van der Waals surface area contributed by atoms with Gasteiger partial charge in [0.1, 0.15) is 6.61 Å². The van der Waals surface area contributed by atoms with Crippen molar-refractivity contribution < 1.29 is 28.2 Å². The summed E-state index contributed by atoms with van der Waals surface area (Å²) in [5, 5.41) is 9.21. The van der Waals surface area contributed by atoms with Crippen molar-refractivity contribution in [3.63, 3.8) is 0 Å². The Labute approximate surface area is 159 Å². The summed E-state index contributed by atoms with van der Waals surface area (Å²) >= 11 is 0. The van der Waals surface area contributed by atoms with Gasteiger partial charge >= 0.3 is 12.1 Å². The number of carbonyl (C=O) groups excluding carboxylic acids is 1. The maximum atomic E-state index is 13.8. The van der Waals surface area contributed by atoms with E-state index in [1.165, 1.54) is 0 Å². The molecule has 1 saturated carbocycles. The van der Waals surface area contributed by atoms with Gasteiger partial charge in [0.15, 0.2) is 5.41 Å². The van der Waals surface area contributed by atoms with Gasteiger partial charge in [-0.1, -0.05) is 48.5 Å². The first kappa shape index (κ1) is 17.2. The molecule has 28 heavy (non-hydrogen) atoms. The van der Waals surface area contributed by atoms with Crippen LogP contribution in [0.1, 0.15) is 17.0 Å². The molecule has 144 valence electrons. The molecule has 2 unspecified atom stereocenters. The largest absolute Gasteiger partial charge is 0.481 e. The summed E-state index contributed by atoms with van der Waals surface area (Å²) in [6, 6.07) is 15.7. The molecule has 0 bridgehead atoms. The van der Waals surface area contributed by atoms with E-state index in [0.29, 0.717) is 0 Å². The maximum absolute atomic E-state index is 13.8. The van der Waals surface area contributed by atoms with Gasteiger partial charge < -0.3 is 14.7 Å². The molecule has 3 aliphatic rings. The average Bonchev–Trinajstić information content (AvgIpc) is 3.04. The van der Waals surface area contributed by atoms with Crippen LogP contribution in [-0.4, -0.2) is 47.7 Å². The Morgan fingerprint density at radius 1 is 1.07 bits per heavy atom. The van der Waals surface area contributed by atoms with Crippen molar-refractivity contribution in [2.75, 3.05) is 19.7 Å². The third-order valence-corrected chi connectivity index (χ3v) is 6.36. The van der Waals surface area contributed by atoms with Crippen LogP contribution in [0.5, 0.6) is 0 Å². The monoisotopic (exact) mass is 385 g/mol. The molecule has 5 nitrogen and oxygen atoms in total. The van der Waals surface area contributed by atoms with Crippen molar-refractivity contribution in [3.05, 3.63) is 59.7 Å². The second kappa shape index (κ2) is 5.53. The van der Waals surface area contributed by atoms with Gasteiger partial charge in [-0.2, -0.15) is 0 Å². The molecule has 1 amide bonds. The number of likely N-dealkylation sites (tertiary alicyclic amines) is 1. The fourth-order valence-electron chi connectivity index (χ4n) is 4.79. The Morgan fingerprint density at radius 3 is 2.18 bits per heavy atom. The van der Waals surface area contributed by atoms with Crippen LogP contribution in [0.15, 0.2) is 48.5 Å². The lowest BCUT2D eigenvalue weighted by Crippen LogP contribution is -2.39. The van der Waals surface area contributed by atoms with Crippen molar-refractivity contribution in [2.45, 2.75) is 11.8 Å². The third-order valence-electron chi connectivity index (χ3n) is 6.36. The van der Waals surface area contributed by atoms with E-state index in [2.05, 4.69) is 0 Å². The molecule has 1 saturated heterocycles. The predicted molar refractivity (Wildman–Crippen MR) is 95.1 cm³/mol. The fraction of sp³-hybridized carbons (Fsp3) is 0.333. The minimum absolute atomic E-state index is 0.0739. The SMILES string of the molecule is O=C(OCC1c2ccccc2-c2ccccc21)N1CC2C(F)(F)C2(C(=O)O)C1. The molecule has 2 aromatic rings. The number of alkyl halides is 2. The number of rotatable bonds is 3. The maximum Gasteiger partial charge on any atom is 0.409 e. The number of fused-ring (bicyclic) bond motifs is 4. The van der Waals surface area contributed by atoms with Gasteiger partial charge in [0.25, 0.3) is 5.92 Å². The summed E-state index contributed by atoms with van der Waals surface area (Å²) in [6.45, 7) is -0.739. The first-order valence-electron chi connectivity index (χ1n) is 9.09. The summed E-state index contributed by atoms with van der Waals surface area (Å²) < 4.78 is 33.0. The first-order valence-corrected chi connectivity index (χ1v) is 9.09. The van der Waals surface area contributed by atoms with Crippen LogP contribution in [0, 0.1) is 11.3 Å². The van der Waals surface area contributed by atoms with Gasteiger partial charge in [-0.3, -0.25) is 4.79 Å². The summed E-state index contributed by atoms with van der Waals surface area (Å²) in [6.07, 6.45) is -0.745. The number of benzene rings is 2. The van der Waals surface area contributed by atoms with Crippen molar-refractivity contribution in [1.29, 1.82) is 0 Å². The van der Waals surface area contributed by atoms with E-state index in [4.69, 9.17) is 4.74 Å². The summed E-state index contributed by atoms with van der Waals surface area (Å²) in [7, 11) is 0. The van der Waals surface area contributed by atoms with Crippen molar-refractivity contribution in [2.24, 2.45) is 11.3 Å². The minimum Gasteiger partial charge on any atom is -0.481 e. The number of hydrogen-bond acceptors (Lipinski definition) is 3. The van der Waals surface area contributed by atoms with E-state index in [0.717, 1.165) is 27.2 Å². The topological polar surface area (TPSA) is 66.8 Å². The van der Waals surface area contributed by atoms with Gasteiger partial charge in [-0.15, -0.1) is 0 Å². The van der Waals surface area contributed by atoms with Crippen LogP contribution in [0.3, 0.4) is 0 Å². The van der Waals surface area contributed by atoms with Crippen LogP contribution in [-0.2, 0) is 9.53 Å². The van der Waals surface area contributed by atoms with E-state index in [-0.39, 0.29) is 19.1 Å². The highest BCUT2D eigenvalue weighted by Crippen LogP contribution is 2.69. The van der Waals surface area contributed by atoms with Crippen LogP contribution in [0.2, 0.25) is 0 Å². The molecule has 0 radical (unpaired) electrons. The molecule has 5 rings (SSSR count). The number of aliphatic carboxylic acids is 1. The number of carbonyl (C=O) groups is 2. The number of ether oxygens (including phenoxy) is 1. The second-order valence-electron chi connectivity index (χ2n) is 7.64. The lowest BCUT2D eigenvalue weighted by molar-refractivity contribution is -0.147. The molecule has 1 heterocycles. The number of amides is 1. The lowest BCUT2D eigenvalue weighted by Gasteiger charge is -2.22. The first-order chi connectivity index (χ1) is 13.4. The lowest BCUT2D eigenvalue weighted by atomic mass is 9.98. The molecule has 0 spiro atoms. The highest BCUT2D eigenvalue weighted by molar-refractivity contribution is 5.85. The summed E-state index contributed by atoms with van der Waals surface area (Å²) in [5.41, 5.74) is 2.12. The third kappa shape index (κ3) is 2.04. The van der Waals surface area contributed by atoms with Crippen molar-refractivity contribution in [3.8, 4) is 11.1 Å². The Morgan fingerprint density at radius 2 is 1.64 bits per heavy atom. The predicted octanol–water partition coefficient (Wildman–Crippen LogP) is 3.59. The number of nitrogens with zero attached hydrogens (tertiary/aromatic N) is 1. The molecule has 2 fully saturated rings. The number of carboxylic acid groups (broad SMARTS) is 1. The van der Waals surface area contributed by atoms with E-state index in [9.17, 15) is 23.5 Å². The zero-order valence-electron chi connectivity index (χ0n) is 14.8. The number of halogens is 2. The normalized spacial score (nSPS) is 26.4. The second-order valence-corrected chi connectivity index (χ2v) is 7.64.